The first kappa shape index (κ1) is 15.1. The maximum absolute atomic E-state index is 11.8. The molecule has 0 spiro atoms. The van der Waals surface area contributed by atoms with Gasteiger partial charge in [0.05, 0.1) is 12.6 Å². The number of amides is 2. The fraction of sp³-hybridized carbons (Fsp3) is 0.778. The van der Waals surface area contributed by atoms with Crippen LogP contribution in [0.2, 0.25) is 0 Å². The van der Waals surface area contributed by atoms with E-state index in [4.69, 9.17) is 0 Å². The van der Waals surface area contributed by atoms with Crippen molar-refractivity contribution in [2.24, 2.45) is 0 Å². The van der Waals surface area contributed by atoms with Crippen LogP contribution in [0.1, 0.15) is 0 Å². The second-order valence-corrected chi connectivity index (χ2v) is 4.89. The van der Waals surface area contributed by atoms with Gasteiger partial charge in [0.15, 0.2) is 0 Å². The maximum atomic E-state index is 11.8. The van der Waals surface area contributed by atoms with Gasteiger partial charge >= 0.3 is 6.18 Å². The molecule has 1 saturated heterocycles. The Hall–Kier alpha value is -0.960. The van der Waals surface area contributed by atoms with Gasteiger partial charge in [0.25, 0.3) is 0 Å². The largest absolute Gasteiger partial charge is 0.405 e. The molecule has 0 radical (unpaired) electrons. The van der Waals surface area contributed by atoms with E-state index in [1.165, 1.54) is 7.05 Å². The predicted molar refractivity (Wildman–Crippen MR) is 61.0 cm³/mol. The van der Waals surface area contributed by atoms with Gasteiger partial charge in [-0.2, -0.15) is 13.2 Å². The molecular formula is C9H14F3N3O2S. The summed E-state index contributed by atoms with van der Waals surface area (Å²) in [7, 11) is 1.39. The van der Waals surface area contributed by atoms with E-state index < -0.39 is 18.6 Å². The van der Waals surface area contributed by atoms with Crippen LogP contribution in [-0.2, 0) is 9.59 Å². The van der Waals surface area contributed by atoms with Gasteiger partial charge < -0.3 is 10.2 Å². The Morgan fingerprint density at radius 1 is 1.50 bits per heavy atom. The fourth-order valence-electron chi connectivity index (χ4n) is 1.37. The molecule has 5 nitrogen and oxygen atoms in total. The van der Waals surface area contributed by atoms with Gasteiger partial charge in [-0.05, 0) is 0 Å². The molecule has 2 amide bonds. The third kappa shape index (κ3) is 5.13. The third-order valence-corrected chi connectivity index (χ3v) is 3.20. The SMILES string of the molecule is CN(CC(=O)NCC(F)(F)F)C(=O)C1CSCN1. The molecular weight excluding hydrogens is 271 g/mol. The van der Waals surface area contributed by atoms with Crippen molar-refractivity contribution in [3.63, 3.8) is 0 Å². The van der Waals surface area contributed by atoms with E-state index >= 15 is 0 Å². The minimum Gasteiger partial charge on any atom is -0.345 e. The van der Waals surface area contributed by atoms with Crippen LogP contribution in [0, 0.1) is 0 Å². The van der Waals surface area contributed by atoms with E-state index in [1.807, 2.05) is 0 Å². The molecule has 1 rings (SSSR count). The zero-order valence-electron chi connectivity index (χ0n) is 9.71. The number of hydrogen-bond donors (Lipinski definition) is 2. The molecule has 1 heterocycles. The van der Waals surface area contributed by atoms with Crippen molar-refractivity contribution in [2.45, 2.75) is 12.2 Å². The number of likely N-dealkylation sites (N-methyl/N-ethyl adjacent to an activating group) is 1. The van der Waals surface area contributed by atoms with Crippen LogP contribution < -0.4 is 10.6 Å². The lowest BCUT2D eigenvalue weighted by atomic mass is 10.3. The van der Waals surface area contributed by atoms with Gasteiger partial charge in [0.2, 0.25) is 11.8 Å². The Kier molecular flexibility index (Phi) is 5.27. The molecule has 9 heteroatoms. The minimum absolute atomic E-state index is 0.290. The number of carbonyl (C=O) groups excluding carboxylic acids is 2. The highest BCUT2D eigenvalue weighted by atomic mass is 32.2. The number of alkyl halides is 3. The normalized spacial score (nSPS) is 19.7. The van der Waals surface area contributed by atoms with Crippen LogP contribution >= 0.6 is 11.8 Å². The van der Waals surface area contributed by atoms with Gasteiger partial charge in [-0.1, -0.05) is 0 Å². The van der Waals surface area contributed by atoms with Crippen LogP contribution in [0.5, 0.6) is 0 Å². The highest BCUT2D eigenvalue weighted by molar-refractivity contribution is 7.99. The topological polar surface area (TPSA) is 61.4 Å². The standard InChI is InChI=1S/C9H14F3N3O2S/c1-15(8(17)6-3-18-5-14-6)2-7(16)13-4-9(10,11)12/h6,14H,2-5H2,1H3,(H,13,16). The molecule has 104 valence electrons. The summed E-state index contributed by atoms with van der Waals surface area (Å²) < 4.78 is 35.5. The summed E-state index contributed by atoms with van der Waals surface area (Å²) in [5, 5.41) is 4.64. The number of rotatable bonds is 4. The molecule has 1 fully saturated rings. The lowest BCUT2D eigenvalue weighted by Crippen LogP contribution is -2.47. The van der Waals surface area contributed by atoms with Crippen LogP contribution in [0.3, 0.4) is 0 Å². The number of carbonyl (C=O) groups is 2. The Morgan fingerprint density at radius 2 is 2.17 bits per heavy atom. The first-order chi connectivity index (χ1) is 8.29. The summed E-state index contributed by atoms with van der Waals surface area (Å²) in [5.41, 5.74) is 0. The van der Waals surface area contributed by atoms with Crippen molar-refractivity contribution >= 4 is 23.6 Å². The smallest absolute Gasteiger partial charge is 0.345 e. The number of nitrogens with zero attached hydrogens (tertiary/aromatic N) is 1. The predicted octanol–water partition coefficient (Wildman–Crippen LogP) is -0.214. The molecule has 0 aliphatic carbocycles. The highest BCUT2D eigenvalue weighted by Gasteiger charge is 2.29. The highest BCUT2D eigenvalue weighted by Crippen LogP contribution is 2.12. The van der Waals surface area contributed by atoms with E-state index in [9.17, 15) is 22.8 Å². The average Bonchev–Trinajstić information content (AvgIpc) is 2.77. The number of thioether (sulfide) groups is 1. The lowest BCUT2D eigenvalue weighted by Gasteiger charge is -2.20. The zero-order valence-corrected chi connectivity index (χ0v) is 10.5. The summed E-state index contributed by atoms with van der Waals surface area (Å²) >= 11 is 1.55. The van der Waals surface area contributed by atoms with Crippen LogP contribution in [0.15, 0.2) is 0 Å². The van der Waals surface area contributed by atoms with Crippen molar-refractivity contribution in [3.8, 4) is 0 Å². The number of halogens is 3. The monoisotopic (exact) mass is 285 g/mol. The minimum atomic E-state index is -4.44. The Morgan fingerprint density at radius 3 is 2.67 bits per heavy atom. The quantitative estimate of drug-likeness (QED) is 0.750. The second kappa shape index (κ2) is 6.28. The van der Waals surface area contributed by atoms with Gasteiger partial charge in [-0.15, -0.1) is 11.8 Å². The first-order valence-corrected chi connectivity index (χ1v) is 6.34. The molecule has 1 aliphatic rings. The maximum Gasteiger partial charge on any atom is 0.405 e. The molecule has 0 aromatic heterocycles. The molecule has 0 aromatic carbocycles. The fourth-order valence-corrected chi connectivity index (χ4v) is 2.30. The Balaban J connectivity index is 2.32. The van der Waals surface area contributed by atoms with Crippen LogP contribution in [-0.4, -0.2) is 60.7 Å². The molecule has 1 atom stereocenters. The molecule has 0 bridgehead atoms. The lowest BCUT2D eigenvalue weighted by molar-refractivity contribution is -0.142. The zero-order chi connectivity index (χ0) is 13.8. The Bertz CT molecular complexity index is 319. The molecule has 1 aliphatic heterocycles. The molecule has 2 N–H and O–H groups in total. The first-order valence-electron chi connectivity index (χ1n) is 5.19. The van der Waals surface area contributed by atoms with Crippen molar-refractivity contribution < 1.29 is 22.8 Å². The van der Waals surface area contributed by atoms with Gasteiger partial charge in [0.1, 0.15) is 6.54 Å². The summed E-state index contributed by atoms with van der Waals surface area (Å²) in [6.07, 6.45) is -4.44. The van der Waals surface area contributed by atoms with E-state index in [-0.39, 0.29) is 18.5 Å². The van der Waals surface area contributed by atoms with Crippen molar-refractivity contribution in [2.75, 3.05) is 31.8 Å². The summed E-state index contributed by atoms with van der Waals surface area (Å²) in [6.45, 7) is -1.76. The van der Waals surface area contributed by atoms with Crippen molar-refractivity contribution in [3.05, 3.63) is 0 Å². The van der Waals surface area contributed by atoms with Crippen molar-refractivity contribution in [1.82, 2.24) is 15.5 Å². The average molecular weight is 285 g/mol. The van der Waals surface area contributed by atoms with Crippen LogP contribution in [0.4, 0.5) is 13.2 Å². The van der Waals surface area contributed by atoms with E-state index in [0.717, 1.165) is 4.90 Å². The van der Waals surface area contributed by atoms with E-state index in [0.29, 0.717) is 11.6 Å². The van der Waals surface area contributed by atoms with Crippen molar-refractivity contribution in [1.29, 1.82) is 0 Å². The molecule has 18 heavy (non-hydrogen) atoms. The van der Waals surface area contributed by atoms with E-state index in [2.05, 4.69) is 5.32 Å². The Labute approximate surface area is 106 Å². The summed E-state index contributed by atoms with van der Waals surface area (Å²) in [6, 6.07) is -0.365. The third-order valence-electron chi connectivity index (χ3n) is 2.26. The second-order valence-electron chi connectivity index (χ2n) is 3.86. The van der Waals surface area contributed by atoms with Gasteiger partial charge in [-0.25, -0.2) is 0 Å². The van der Waals surface area contributed by atoms with Crippen LogP contribution in [0.25, 0.3) is 0 Å². The van der Waals surface area contributed by atoms with Gasteiger partial charge in [0, 0.05) is 18.7 Å². The number of nitrogens with one attached hydrogen (secondary N) is 2. The number of hydrogen-bond acceptors (Lipinski definition) is 4. The molecule has 0 aromatic rings. The van der Waals surface area contributed by atoms with Gasteiger partial charge in [-0.3, -0.25) is 14.9 Å². The summed E-state index contributed by atoms with van der Waals surface area (Å²) in [4.78, 5) is 24.0. The van der Waals surface area contributed by atoms with E-state index in [1.54, 1.807) is 17.1 Å². The molecule has 0 saturated carbocycles. The summed E-state index contributed by atoms with van der Waals surface area (Å²) in [5.74, 6) is 0.147. The molecule has 1 unspecified atom stereocenters.